The zero-order chi connectivity index (χ0) is 12.8. The summed E-state index contributed by atoms with van der Waals surface area (Å²) in [4.78, 5) is 21.7. The van der Waals surface area contributed by atoms with Gasteiger partial charge in [0.25, 0.3) is 0 Å². The van der Waals surface area contributed by atoms with Gasteiger partial charge in [0.1, 0.15) is 0 Å². The third-order valence-corrected chi connectivity index (χ3v) is 2.79. The quantitative estimate of drug-likeness (QED) is 0.513. The third kappa shape index (κ3) is 4.58. The summed E-state index contributed by atoms with van der Waals surface area (Å²) < 4.78 is 5.16. The molecule has 1 rings (SSSR count). The van der Waals surface area contributed by atoms with E-state index >= 15 is 0 Å². The van der Waals surface area contributed by atoms with E-state index in [4.69, 9.17) is 14.9 Å². The summed E-state index contributed by atoms with van der Waals surface area (Å²) in [6.45, 7) is -0.304. The predicted molar refractivity (Wildman–Crippen MR) is 58.6 cm³/mol. The fourth-order valence-corrected chi connectivity index (χ4v) is 1.80. The molecule has 0 aromatic heterocycles. The topological polar surface area (TPSA) is 108 Å². The first-order valence-electron chi connectivity index (χ1n) is 5.51. The molecule has 0 spiro atoms. The standard InChI is InChI=1S/C10H18N2O5/c1-17-7-3-2-6(4-7)12-10(16)11-5-8(13)9(14)15/h6-8,13H,2-5H2,1H3,(H,14,15)(H2,11,12,16). The molecule has 1 aliphatic carbocycles. The lowest BCUT2D eigenvalue weighted by atomic mass is 10.2. The van der Waals surface area contributed by atoms with Crippen molar-refractivity contribution in [1.82, 2.24) is 10.6 Å². The van der Waals surface area contributed by atoms with Crippen LogP contribution in [0.3, 0.4) is 0 Å². The van der Waals surface area contributed by atoms with Gasteiger partial charge in [-0.2, -0.15) is 0 Å². The van der Waals surface area contributed by atoms with Crippen molar-refractivity contribution in [3.8, 4) is 0 Å². The highest BCUT2D eigenvalue weighted by molar-refractivity contribution is 5.76. The number of carboxylic acid groups (broad SMARTS) is 1. The summed E-state index contributed by atoms with van der Waals surface area (Å²) in [5.41, 5.74) is 0. The molecule has 1 aliphatic rings. The van der Waals surface area contributed by atoms with E-state index in [9.17, 15) is 9.59 Å². The summed E-state index contributed by atoms with van der Waals surface area (Å²) >= 11 is 0. The lowest BCUT2D eigenvalue weighted by molar-refractivity contribution is -0.146. The van der Waals surface area contributed by atoms with Gasteiger partial charge in [-0.05, 0) is 19.3 Å². The molecule has 0 radical (unpaired) electrons. The second-order valence-corrected chi connectivity index (χ2v) is 4.08. The number of carbonyl (C=O) groups excluding carboxylic acids is 1. The molecular weight excluding hydrogens is 228 g/mol. The highest BCUT2D eigenvalue weighted by Gasteiger charge is 2.25. The van der Waals surface area contributed by atoms with Gasteiger partial charge in [-0.3, -0.25) is 0 Å². The van der Waals surface area contributed by atoms with Gasteiger partial charge in [0, 0.05) is 13.2 Å². The largest absolute Gasteiger partial charge is 0.479 e. The molecular formula is C10H18N2O5. The Bertz CT molecular complexity index is 284. The Kier molecular flexibility index (Phi) is 5.17. The zero-order valence-electron chi connectivity index (χ0n) is 9.68. The van der Waals surface area contributed by atoms with Crippen LogP contribution in [-0.4, -0.2) is 54.1 Å². The molecule has 0 bridgehead atoms. The third-order valence-electron chi connectivity index (χ3n) is 2.79. The van der Waals surface area contributed by atoms with Gasteiger partial charge in [-0.25, -0.2) is 9.59 Å². The summed E-state index contributed by atoms with van der Waals surface area (Å²) in [5, 5.41) is 22.4. The van der Waals surface area contributed by atoms with E-state index in [-0.39, 0.29) is 18.7 Å². The molecule has 3 atom stereocenters. The van der Waals surface area contributed by atoms with Crippen molar-refractivity contribution in [1.29, 1.82) is 0 Å². The van der Waals surface area contributed by atoms with E-state index in [1.807, 2.05) is 0 Å². The van der Waals surface area contributed by atoms with Crippen molar-refractivity contribution in [3.05, 3.63) is 0 Å². The van der Waals surface area contributed by atoms with Crippen molar-refractivity contribution in [2.45, 2.75) is 37.5 Å². The number of hydrogen-bond acceptors (Lipinski definition) is 4. The first kappa shape index (κ1) is 13.7. The number of aliphatic hydroxyl groups excluding tert-OH is 1. The van der Waals surface area contributed by atoms with Crippen LogP contribution in [0.15, 0.2) is 0 Å². The average Bonchev–Trinajstić information content (AvgIpc) is 2.73. The van der Waals surface area contributed by atoms with Crippen LogP contribution in [0.2, 0.25) is 0 Å². The van der Waals surface area contributed by atoms with Crippen LogP contribution in [0.25, 0.3) is 0 Å². The molecule has 7 heteroatoms. The maximum atomic E-state index is 11.4. The molecule has 0 aromatic rings. The van der Waals surface area contributed by atoms with Crippen molar-refractivity contribution in [2.75, 3.05) is 13.7 Å². The molecule has 7 nitrogen and oxygen atoms in total. The van der Waals surface area contributed by atoms with Crippen molar-refractivity contribution in [3.63, 3.8) is 0 Å². The fraction of sp³-hybridized carbons (Fsp3) is 0.800. The first-order chi connectivity index (χ1) is 8.02. The number of amides is 2. The van der Waals surface area contributed by atoms with Gasteiger partial charge in [-0.15, -0.1) is 0 Å². The summed E-state index contributed by atoms with van der Waals surface area (Å²) in [6.07, 6.45) is 1.10. The number of aliphatic carboxylic acids is 1. The van der Waals surface area contributed by atoms with Crippen LogP contribution in [0.4, 0.5) is 4.79 Å². The van der Waals surface area contributed by atoms with E-state index in [1.54, 1.807) is 7.11 Å². The Balaban J connectivity index is 2.19. The van der Waals surface area contributed by atoms with Gasteiger partial charge in [-0.1, -0.05) is 0 Å². The van der Waals surface area contributed by atoms with Gasteiger partial charge in [0.15, 0.2) is 6.10 Å². The molecule has 0 aromatic carbocycles. The maximum absolute atomic E-state index is 11.4. The molecule has 17 heavy (non-hydrogen) atoms. The minimum absolute atomic E-state index is 0.0434. The number of nitrogens with one attached hydrogen (secondary N) is 2. The number of ether oxygens (including phenoxy) is 1. The zero-order valence-corrected chi connectivity index (χ0v) is 9.68. The molecule has 0 heterocycles. The monoisotopic (exact) mass is 246 g/mol. The first-order valence-corrected chi connectivity index (χ1v) is 5.51. The Morgan fingerprint density at radius 3 is 2.71 bits per heavy atom. The number of urea groups is 1. The number of hydrogen-bond donors (Lipinski definition) is 4. The highest BCUT2D eigenvalue weighted by atomic mass is 16.5. The Labute approximate surface area is 99.1 Å². The molecule has 3 unspecified atom stereocenters. The number of carboxylic acids is 1. The van der Waals surface area contributed by atoms with E-state index in [1.165, 1.54) is 0 Å². The SMILES string of the molecule is COC1CCC(NC(=O)NCC(O)C(=O)O)C1. The lowest BCUT2D eigenvalue weighted by Crippen LogP contribution is -2.45. The Morgan fingerprint density at radius 2 is 2.18 bits per heavy atom. The van der Waals surface area contributed by atoms with Crippen LogP contribution < -0.4 is 10.6 Å². The predicted octanol–water partition coefficient (Wildman–Crippen LogP) is -0.701. The van der Waals surface area contributed by atoms with E-state index < -0.39 is 18.1 Å². The van der Waals surface area contributed by atoms with Crippen LogP contribution in [-0.2, 0) is 9.53 Å². The maximum Gasteiger partial charge on any atom is 0.334 e. The van der Waals surface area contributed by atoms with E-state index in [0.29, 0.717) is 0 Å². The Hall–Kier alpha value is -1.34. The summed E-state index contributed by atoms with van der Waals surface area (Å²) in [6, 6.07) is -0.422. The number of aliphatic hydroxyl groups is 1. The summed E-state index contributed by atoms with van der Waals surface area (Å²) in [5.74, 6) is -1.36. The van der Waals surface area contributed by atoms with E-state index in [2.05, 4.69) is 10.6 Å². The van der Waals surface area contributed by atoms with Crippen LogP contribution >= 0.6 is 0 Å². The molecule has 1 fully saturated rings. The average molecular weight is 246 g/mol. The van der Waals surface area contributed by atoms with Gasteiger partial charge in [0.2, 0.25) is 0 Å². The minimum Gasteiger partial charge on any atom is -0.479 e. The van der Waals surface area contributed by atoms with Crippen molar-refractivity contribution in [2.24, 2.45) is 0 Å². The second-order valence-electron chi connectivity index (χ2n) is 4.08. The normalized spacial score (nSPS) is 25.3. The molecule has 2 amide bonds. The molecule has 4 N–H and O–H groups in total. The number of rotatable bonds is 5. The van der Waals surface area contributed by atoms with Gasteiger partial charge in [0.05, 0.1) is 12.6 Å². The van der Waals surface area contributed by atoms with Crippen LogP contribution in [0, 0.1) is 0 Å². The minimum atomic E-state index is -1.57. The number of methoxy groups -OCH3 is 1. The molecule has 0 saturated heterocycles. The second kappa shape index (κ2) is 6.41. The van der Waals surface area contributed by atoms with Crippen LogP contribution in [0.5, 0.6) is 0 Å². The van der Waals surface area contributed by atoms with Gasteiger partial charge < -0.3 is 25.6 Å². The van der Waals surface area contributed by atoms with Crippen LogP contribution in [0.1, 0.15) is 19.3 Å². The Morgan fingerprint density at radius 1 is 1.47 bits per heavy atom. The lowest BCUT2D eigenvalue weighted by Gasteiger charge is -2.14. The van der Waals surface area contributed by atoms with Crippen molar-refractivity contribution < 1.29 is 24.5 Å². The fourth-order valence-electron chi connectivity index (χ4n) is 1.80. The summed E-state index contributed by atoms with van der Waals surface area (Å²) in [7, 11) is 1.64. The molecule has 1 saturated carbocycles. The highest BCUT2D eigenvalue weighted by Crippen LogP contribution is 2.21. The smallest absolute Gasteiger partial charge is 0.334 e. The van der Waals surface area contributed by atoms with Crippen molar-refractivity contribution >= 4 is 12.0 Å². The molecule has 0 aliphatic heterocycles. The number of carbonyl (C=O) groups is 2. The molecule has 98 valence electrons. The van der Waals surface area contributed by atoms with E-state index in [0.717, 1.165) is 19.3 Å². The van der Waals surface area contributed by atoms with Gasteiger partial charge >= 0.3 is 12.0 Å².